The fourth-order valence-corrected chi connectivity index (χ4v) is 5.95. The first-order valence-corrected chi connectivity index (χ1v) is 15.1. The molecule has 0 spiro atoms. The van der Waals surface area contributed by atoms with Crippen LogP contribution in [0.1, 0.15) is 96.8 Å². The Kier molecular flexibility index (Phi) is 8.98. The van der Waals surface area contributed by atoms with Crippen LogP contribution in [0.3, 0.4) is 0 Å². The van der Waals surface area contributed by atoms with Gasteiger partial charge >= 0.3 is 6.09 Å². The van der Waals surface area contributed by atoms with Gasteiger partial charge in [0.25, 0.3) is 11.8 Å². The summed E-state index contributed by atoms with van der Waals surface area (Å²) < 4.78 is 11.6. The lowest BCUT2D eigenvalue weighted by atomic mass is 10.00. The second-order valence-electron chi connectivity index (χ2n) is 12.8. The molecule has 0 bridgehead atoms. The molecule has 4 heterocycles. The summed E-state index contributed by atoms with van der Waals surface area (Å²) in [6.07, 6.45) is 3.83. The molecule has 0 saturated carbocycles. The van der Waals surface area contributed by atoms with Gasteiger partial charge in [-0.05, 0) is 71.6 Å². The topological polar surface area (TPSA) is 143 Å². The molecule has 3 saturated heterocycles. The van der Waals surface area contributed by atoms with Gasteiger partial charge in [0.1, 0.15) is 11.6 Å². The van der Waals surface area contributed by atoms with E-state index in [1.807, 2.05) is 20.8 Å². The minimum absolute atomic E-state index is 0.0516. The maximum Gasteiger partial charge on any atom is 0.410 e. The lowest BCUT2D eigenvalue weighted by molar-refractivity contribution is -0.136. The van der Waals surface area contributed by atoms with E-state index in [-0.39, 0.29) is 48.1 Å². The first-order chi connectivity index (χ1) is 20.4. The highest BCUT2D eigenvalue weighted by atomic mass is 16.6. The van der Waals surface area contributed by atoms with Crippen molar-refractivity contribution in [3.05, 3.63) is 34.9 Å². The summed E-state index contributed by atoms with van der Waals surface area (Å²) in [5.74, 6) is -2.39. The molecule has 12 nitrogen and oxygen atoms in total. The average Bonchev–Trinajstić information content (AvgIpc) is 3.17. The van der Waals surface area contributed by atoms with E-state index in [2.05, 4.69) is 10.2 Å². The number of rotatable bonds is 9. The molecule has 0 aliphatic carbocycles. The molecule has 1 aromatic rings. The number of benzene rings is 1. The van der Waals surface area contributed by atoms with Crippen LogP contribution in [-0.2, 0) is 19.1 Å². The van der Waals surface area contributed by atoms with Crippen molar-refractivity contribution in [3.63, 3.8) is 0 Å². The molecule has 0 radical (unpaired) electrons. The number of fused-ring (bicyclic) bond motifs is 1. The van der Waals surface area contributed by atoms with E-state index in [9.17, 15) is 28.8 Å². The summed E-state index contributed by atoms with van der Waals surface area (Å²) >= 11 is 0. The molecule has 1 unspecified atom stereocenters. The number of unbranched alkanes of at least 4 members (excludes halogenated alkanes) is 1. The molecule has 1 atom stereocenters. The molecule has 232 valence electrons. The van der Waals surface area contributed by atoms with Crippen LogP contribution in [0.5, 0.6) is 0 Å². The number of nitrogens with one attached hydrogen (secondary N) is 1. The van der Waals surface area contributed by atoms with Gasteiger partial charge in [-0.3, -0.25) is 34.2 Å². The van der Waals surface area contributed by atoms with Crippen LogP contribution in [0.25, 0.3) is 0 Å². The molecule has 4 aliphatic rings. The molecule has 4 aliphatic heterocycles. The summed E-state index contributed by atoms with van der Waals surface area (Å²) in [4.78, 5) is 79.6. The van der Waals surface area contributed by atoms with Crippen molar-refractivity contribution in [1.29, 1.82) is 0 Å². The van der Waals surface area contributed by atoms with E-state index in [4.69, 9.17) is 9.47 Å². The standard InChI is InChI=1S/C31H40N4O8/c1-31(2,3)43-30(41)34-17-21(18-34)42-20-11-14-33(15-12-20)13-5-4-6-25(36)19-7-8-22-23(16-19)29(40)35(28(22)39)24-9-10-26(37)32-27(24)38/h7-8,16,20-21,24H,4-6,9-15,17-18H2,1-3H3,(H,32,37,38). The fraction of sp³-hybridized carbons (Fsp3) is 0.613. The number of imide groups is 2. The molecular weight excluding hydrogens is 556 g/mol. The van der Waals surface area contributed by atoms with Crippen LogP contribution in [0.4, 0.5) is 4.79 Å². The zero-order chi connectivity index (χ0) is 30.9. The predicted octanol–water partition coefficient (Wildman–Crippen LogP) is 2.54. The van der Waals surface area contributed by atoms with Crippen LogP contribution in [-0.4, -0.2) is 107 Å². The molecule has 0 aromatic heterocycles. The van der Waals surface area contributed by atoms with Crippen molar-refractivity contribution in [2.75, 3.05) is 32.7 Å². The van der Waals surface area contributed by atoms with Gasteiger partial charge in [0, 0.05) is 31.5 Å². The van der Waals surface area contributed by atoms with Crippen molar-refractivity contribution in [1.82, 2.24) is 20.0 Å². The highest BCUT2D eigenvalue weighted by Gasteiger charge is 2.44. The van der Waals surface area contributed by atoms with Crippen LogP contribution >= 0.6 is 0 Å². The first kappa shape index (κ1) is 30.8. The molecule has 5 rings (SSSR count). The summed E-state index contributed by atoms with van der Waals surface area (Å²) in [5.41, 5.74) is 0.140. The summed E-state index contributed by atoms with van der Waals surface area (Å²) in [7, 11) is 0. The Morgan fingerprint density at radius 3 is 2.30 bits per heavy atom. The maximum absolute atomic E-state index is 13.0. The molecule has 43 heavy (non-hydrogen) atoms. The van der Waals surface area contributed by atoms with E-state index in [1.165, 1.54) is 12.1 Å². The van der Waals surface area contributed by atoms with E-state index in [0.717, 1.165) is 43.8 Å². The summed E-state index contributed by atoms with van der Waals surface area (Å²) in [6.45, 7) is 9.42. The Labute approximate surface area is 251 Å². The van der Waals surface area contributed by atoms with Crippen molar-refractivity contribution in [2.45, 2.75) is 89.6 Å². The Hall–Kier alpha value is -3.64. The summed E-state index contributed by atoms with van der Waals surface area (Å²) in [6, 6.07) is 3.44. The number of hydrogen-bond donors (Lipinski definition) is 1. The van der Waals surface area contributed by atoms with Gasteiger partial charge in [-0.25, -0.2) is 4.79 Å². The van der Waals surface area contributed by atoms with E-state index in [1.54, 1.807) is 11.0 Å². The lowest BCUT2D eigenvalue weighted by Crippen LogP contribution is -2.57. The number of piperidine rings is 2. The predicted molar refractivity (Wildman–Crippen MR) is 153 cm³/mol. The highest BCUT2D eigenvalue weighted by Crippen LogP contribution is 2.29. The number of carbonyl (C=O) groups is 6. The number of carbonyl (C=O) groups excluding carboxylic acids is 6. The zero-order valence-electron chi connectivity index (χ0n) is 25.1. The minimum atomic E-state index is -1.03. The molecule has 1 aromatic carbocycles. The number of ketones is 1. The second-order valence-corrected chi connectivity index (χ2v) is 12.8. The van der Waals surface area contributed by atoms with Crippen LogP contribution in [0.2, 0.25) is 0 Å². The number of likely N-dealkylation sites (tertiary alicyclic amines) is 2. The molecule has 5 amide bonds. The van der Waals surface area contributed by atoms with Crippen molar-refractivity contribution >= 4 is 35.5 Å². The van der Waals surface area contributed by atoms with Gasteiger partial charge in [0.2, 0.25) is 11.8 Å². The second kappa shape index (κ2) is 12.5. The Morgan fingerprint density at radius 2 is 1.63 bits per heavy atom. The first-order valence-electron chi connectivity index (χ1n) is 15.1. The number of ether oxygens (including phenoxy) is 2. The van der Waals surface area contributed by atoms with Gasteiger partial charge < -0.3 is 19.3 Å². The number of nitrogens with zero attached hydrogens (tertiary/aromatic N) is 3. The van der Waals surface area contributed by atoms with E-state index < -0.39 is 35.3 Å². The van der Waals surface area contributed by atoms with E-state index in [0.29, 0.717) is 31.5 Å². The fourth-order valence-electron chi connectivity index (χ4n) is 5.95. The highest BCUT2D eigenvalue weighted by molar-refractivity contribution is 6.24. The SMILES string of the molecule is CC(C)(C)OC(=O)N1CC(OC2CCN(CCCCC(=O)c3ccc4c(c3)C(=O)N(C3CCC(=O)NC3=O)C4=O)CC2)C1. The monoisotopic (exact) mass is 596 g/mol. The lowest BCUT2D eigenvalue weighted by Gasteiger charge is -2.42. The van der Waals surface area contributed by atoms with Gasteiger partial charge in [0.15, 0.2) is 5.78 Å². The zero-order valence-corrected chi connectivity index (χ0v) is 25.1. The van der Waals surface area contributed by atoms with Crippen molar-refractivity contribution in [3.8, 4) is 0 Å². The number of hydrogen-bond acceptors (Lipinski definition) is 9. The summed E-state index contributed by atoms with van der Waals surface area (Å²) in [5, 5.41) is 2.18. The number of Topliss-reactive ketones (excluding diaryl/α,β-unsaturated/α-hetero) is 1. The Morgan fingerprint density at radius 1 is 0.930 bits per heavy atom. The van der Waals surface area contributed by atoms with Gasteiger partial charge in [-0.15, -0.1) is 0 Å². The van der Waals surface area contributed by atoms with Crippen LogP contribution in [0.15, 0.2) is 18.2 Å². The molecular formula is C31H40N4O8. The van der Waals surface area contributed by atoms with E-state index >= 15 is 0 Å². The molecule has 1 N–H and O–H groups in total. The van der Waals surface area contributed by atoms with Crippen LogP contribution in [0, 0.1) is 0 Å². The maximum atomic E-state index is 13.0. The van der Waals surface area contributed by atoms with Crippen molar-refractivity contribution in [2.24, 2.45) is 0 Å². The smallest absolute Gasteiger partial charge is 0.410 e. The molecule has 12 heteroatoms. The Balaban J connectivity index is 1.00. The van der Waals surface area contributed by atoms with Crippen LogP contribution < -0.4 is 5.32 Å². The third-order valence-corrected chi connectivity index (χ3v) is 8.31. The van der Waals surface area contributed by atoms with Crippen molar-refractivity contribution < 1.29 is 38.2 Å². The average molecular weight is 597 g/mol. The third kappa shape index (κ3) is 7.13. The number of amides is 5. The van der Waals surface area contributed by atoms with Gasteiger partial charge in [0.05, 0.1) is 36.4 Å². The van der Waals surface area contributed by atoms with Gasteiger partial charge in [-0.2, -0.15) is 0 Å². The third-order valence-electron chi connectivity index (χ3n) is 8.31. The van der Waals surface area contributed by atoms with Gasteiger partial charge in [-0.1, -0.05) is 6.07 Å². The Bertz CT molecular complexity index is 1310. The molecule has 3 fully saturated rings. The normalized spacial score (nSPS) is 22.0. The quantitative estimate of drug-likeness (QED) is 0.258. The minimum Gasteiger partial charge on any atom is -0.444 e. The largest absolute Gasteiger partial charge is 0.444 e.